The number of hydrogen-bond donors (Lipinski definition) is 1. The Morgan fingerprint density at radius 1 is 1.41 bits per heavy atom. The van der Waals surface area contributed by atoms with E-state index in [1.54, 1.807) is 4.90 Å². The van der Waals surface area contributed by atoms with Crippen LogP contribution >= 0.6 is 15.9 Å². The number of carbonyl (C=O) groups is 2. The first-order valence-electron chi connectivity index (χ1n) is 5.41. The largest absolute Gasteiger partial charge is 0.324 e. The fourth-order valence-corrected chi connectivity index (χ4v) is 2.18. The molecule has 1 atom stereocenters. The lowest BCUT2D eigenvalue weighted by Gasteiger charge is -2.30. The number of halogens is 1. The van der Waals surface area contributed by atoms with Crippen LogP contribution in [0, 0.1) is 5.92 Å². The maximum absolute atomic E-state index is 11.6. The molecule has 3 amide bonds. The number of rotatable bonds is 2. The second-order valence-electron chi connectivity index (χ2n) is 4.17. The van der Waals surface area contributed by atoms with Crippen molar-refractivity contribution in [3.8, 4) is 0 Å². The lowest BCUT2D eigenvalue weighted by molar-refractivity contribution is -0.125. The second-order valence-corrected chi connectivity index (χ2v) is 5.02. The molecule has 0 saturated carbocycles. The molecule has 1 aliphatic heterocycles. The first-order chi connectivity index (χ1) is 8.08. The number of imide groups is 1. The first-order valence-corrected chi connectivity index (χ1v) is 6.20. The molecule has 1 N–H and O–H groups in total. The second kappa shape index (κ2) is 4.87. The van der Waals surface area contributed by atoms with Crippen LogP contribution < -0.4 is 5.32 Å². The Bertz CT molecular complexity index is 462. The van der Waals surface area contributed by atoms with Gasteiger partial charge in [-0.15, -0.1) is 0 Å². The van der Waals surface area contributed by atoms with Gasteiger partial charge in [0.15, 0.2) is 0 Å². The normalized spacial score (nSPS) is 20.4. The van der Waals surface area contributed by atoms with Gasteiger partial charge < -0.3 is 4.90 Å². The molecule has 0 spiro atoms. The minimum absolute atomic E-state index is 0.157. The molecule has 0 radical (unpaired) electrons. The monoisotopic (exact) mass is 296 g/mol. The van der Waals surface area contributed by atoms with Crippen molar-refractivity contribution in [1.29, 1.82) is 0 Å². The van der Waals surface area contributed by atoms with Gasteiger partial charge in [-0.05, 0) is 11.6 Å². The van der Waals surface area contributed by atoms with Gasteiger partial charge in [-0.25, -0.2) is 4.79 Å². The highest BCUT2D eigenvalue weighted by molar-refractivity contribution is 9.10. The minimum atomic E-state index is -0.316. The molecule has 0 aliphatic carbocycles. The summed E-state index contributed by atoms with van der Waals surface area (Å²) in [4.78, 5) is 24.6. The third kappa shape index (κ3) is 2.66. The standard InChI is InChI=1S/C12H13BrN2O2/c1-8-6-15(12(17)14-11(8)16)7-9-4-2-3-5-10(9)13/h2-5,8H,6-7H2,1H3,(H,14,16,17). The molecule has 90 valence electrons. The van der Waals surface area contributed by atoms with Gasteiger partial charge in [0.1, 0.15) is 0 Å². The van der Waals surface area contributed by atoms with Crippen LogP contribution in [0.3, 0.4) is 0 Å². The van der Waals surface area contributed by atoms with Crippen molar-refractivity contribution in [2.24, 2.45) is 5.92 Å². The summed E-state index contributed by atoms with van der Waals surface area (Å²) in [5, 5.41) is 2.35. The van der Waals surface area contributed by atoms with Gasteiger partial charge in [0.25, 0.3) is 0 Å². The molecular weight excluding hydrogens is 284 g/mol. The van der Waals surface area contributed by atoms with E-state index in [2.05, 4.69) is 21.2 Å². The van der Waals surface area contributed by atoms with Gasteiger partial charge in [-0.1, -0.05) is 41.1 Å². The van der Waals surface area contributed by atoms with Crippen molar-refractivity contribution in [2.45, 2.75) is 13.5 Å². The van der Waals surface area contributed by atoms with Crippen LogP contribution in [0.15, 0.2) is 28.7 Å². The highest BCUT2D eigenvalue weighted by atomic mass is 79.9. The average molecular weight is 297 g/mol. The van der Waals surface area contributed by atoms with Gasteiger partial charge in [0, 0.05) is 17.6 Å². The maximum Gasteiger partial charge on any atom is 0.324 e. The highest BCUT2D eigenvalue weighted by Gasteiger charge is 2.29. The molecule has 1 fully saturated rings. The molecule has 17 heavy (non-hydrogen) atoms. The summed E-state index contributed by atoms with van der Waals surface area (Å²) in [7, 11) is 0. The minimum Gasteiger partial charge on any atom is -0.319 e. The average Bonchev–Trinajstić information content (AvgIpc) is 2.29. The van der Waals surface area contributed by atoms with Gasteiger partial charge >= 0.3 is 6.03 Å². The Morgan fingerprint density at radius 2 is 2.12 bits per heavy atom. The van der Waals surface area contributed by atoms with Crippen LogP contribution in [0.25, 0.3) is 0 Å². The molecular formula is C12H13BrN2O2. The van der Waals surface area contributed by atoms with Crippen molar-refractivity contribution >= 4 is 27.9 Å². The van der Waals surface area contributed by atoms with E-state index in [-0.39, 0.29) is 17.9 Å². The number of benzene rings is 1. The van der Waals surface area contributed by atoms with Crippen LogP contribution in [0.5, 0.6) is 0 Å². The van der Waals surface area contributed by atoms with E-state index in [1.807, 2.05) is 31.2 Å². The van der Waals surface area contributed by atoms with Crippen molar-refractivity contribution in [1.82, 2.24) is 10.2 Å². The number of amides is 3. The number of hydrogen-bond acceptors (Lipinski definition) is 2. The summed E-state index contributed by atoms with van der Waals surface area (Å²) in [6, 6.07) is 7.43. The Balaban J connectivity index is 2.11. The number of nitrogens with one attached hydrogen (secondary N) is 1. The molecule has 2 rings (SSSR count). The van der Waals surface area contributed by atoms with Crippen molar-refractivity contribution < 1.29 is 9.59 Å². The van der Waals surface area contributed by atoms with E-state index >= 15 is 0 Å². The molecule has 5 heteroatoms. The summed E-state index contributed by atoms with van der Waals surface area (Å²) in [5.74, 6) is -0.353. The lowest BCUT2D eigenvalue weighted by atomic mass is 10.1. The van der Waals surface area contributed by atoms with Crippen molar-refractivity contribution in [3.05, 3.63) is 34.3 Å². The van der Waals surface area contributed by atoms with E-state index in [0.29, 0.717) is 13.1 Å². The van der Waals surface area contributed by atoms with Crippen LogP contribution in [-0.2, 0) is 11.3 Å². The van der Waals surface area contributed by atoms with Gasteiger partial charge in [-0.2, -0.15) is 0 Å². The molecule has 0 aromatic heterocycles. The van der Waals surface area contributed by atoms with Crippen LogP contribution in [0.1, 0.15) is 12.5 Å². The SMILES string of the molecule is CC1CN(Cc2ccccc2Br)C(=O)NC1=O. The van der Waals surface area contributed by atoms with Crippen LogP contribution in [0.2, 0.25) is 0 Å². The number of carbonyl (C=O) groups excluding carboxylic acids is 2. The zero-order chi connectivity index (χ0) is 12.4. The van der Waals surface area contributed by atoms with Gasteiger partial charge in [0.2, 0.25) is 5.91 Å². The summed E-state index contributed by atoms with van der Waals surface area (Å²) in [6.07, 6.45) is 0. The summed E-state index contributed by atoms with van der Waals surface area (Å²) < 4.78 is 0.970. The fraction of sp³-hybridized carbons (Fsp3) is 0.333. The molecule has 1 aliphatic rings. The Kier molecular flexibility index (Phi) is 3.47. The van der Waals surface area contributed by atoms with Crippen molar-refractivity contribution in [2.75, 3.05) is 6.54 Å². The van der Waals surface area contributed by atoms with Gasteiger partial charge in [0.05, 0.1) is 5.92 Å². The first kappa shape index (κ1) is 12.1. The summed E-state index contributed by atoms with van der Waals surface area (Å²) >= 11 is 3.44. The molecule has 0 bridgehead atoms. The predicted octanol–water partition coefficient (Wildman–Crippen LogP) is 2.14. The van der Waals surface area contributed by atoms with Crippen molar-refractivity contribution in [3.63, 3.8) is 0 Å². The topological polar surface area (TPSA) is 49.4 Å². The van der Waals surface area contributed by atoms with E-state index in [9.17, 15) is 9.59 Å². The van der Waals surface area contributed by atoms with E-state index in [0.717, 1.165) is 10.0 Å². The number of nitrogens with zero attached hydrogens (tertiary/aromatic N) is 1. The molecule has 1 unspecified atom stereocenters. The molecule has 4 nitrogen and oxygen atoms in total. The zero-order valence-electron chi connectivity index (χ0n) is 9.44. The molecule has 1 aromatic rings. The predicted molar refractivity (Wildman–Crippen MR) is 67.3 cm³/mol. The maximum atomic E-state index is 11.6. The zero-order valence-corrected chi connectivity index (χ0v) is 11.0. The van der Waals surface area contributed by atoms with Crippen LogP contribution in [0.4, 0.5) is 4.79 Å². The Morgan fingerprint density at radius 3 is 2.82 bits per heavy atom. The van der Waals surface area contributed by atoms with E-state index < -0.39 is 0 Å². The molecule has 1 saturated heterocycles. The van der Waals surface area contributed by atoms with Crippen LogP contribution in [-0.4, -0.2) is 23.4 Å². The Labute approximate surface area is 108 Å². The summed E-state index contributed by atoms with van der Waals surface area (Å²) in [5.41, 5.74) is 1.03. The molecule has 1 aromatic carbocycles. The lowest BCUT2D eigenvalue weighted by Crippen LogP contribution is -2.53. The van der Waals surface area contributed by atoms with E-state index in [1.165, 1.54) is 0 Å². The van der Waals surface area contributed by atoms with E-state index in [4.69, 9.17) is 0 Å². The smallest absolute Gasteiger partial charge is 0.319 e. The third-order valence-corrected chi connectivity index (χ3v) is 3.55. The summed E-state index contributed by atoms with van der Waals surface area (Å²) in [6.45, 7) is 2.78. The van der Waals surface area contributed by atoms with Gasteiger partial charge in [-0.3, -0.25) is 10.1 Å². The third-order valence-electron chi connectivity index (χ3n) is 2.78. The molecule has 1 heterocycles. The fourth-order valence-electron chi connectivity index (χ4n) is 1.77. The highest BCUT2D eigenvalue weighted by Crippen LogP contribution is 2.19. The Hall–Kier alpha value is -1.36. The quantitative estimate of drug-likeness (QED) is 0.909. The number of urea groups is 1.